The Bertz CT molecular complexity index is 388. The van der Waals surface area contributed by atoms with E-state index in [1.54, 1.807) is 11.2 Å². The fourth-order valence-corrected chi connectivity index (χ4v) is 5.34. The normalized spacial score (nSPS) is 38.9. The molecule has 0 N–H and O–H groups in total. The SMILES string of the molecule is CCS(=O)(=O)N1C[C@@]2(C)C[C@@H]1CC(C)(C)C2. The predicted octanol–water partition coefficient (Wildman–Crippen LogP) is 2.24. The molecule has 1 heterocycles. The summed E-state index contributed by atoms with van der Waals surface area (Å²) in [6, 6.07) is 0.249. The van der Waals surface area contributed by atoms with Gasteiger partial charge in [0.2, 0.25) is 10.0 Å². The van der Waals surface area contributed by atoms with E-state index in [2.05, 4.69) is 20.8 Å². The van der Waals surface area contributed by atoms with Crippen LogP contribution in [0.25, 0.3) is 0 Å². The second-order valence-electron chi connectivity index (χ2n) is 6.66. The second kappa shape index (κ2) is 3.45. The first kappa shape index (κ1) is 12.4. The standard InChI is InChI=1S/C12H23NO2S/c1-5-16(14,15)13-9-12(4)7-10(13)6-11(2,3)8-12/h10H,5-9H2,1-4H3/t10-,12-/m0/s1. The van der Waals surface area contributed by atoms with Gasteiger partial charge in [0.15, 0.2) is 0 Å². The Kier molecular flexibility index (Phi) is 2.67. The number of hydrogen-bond acceptors (Lipinski definition) is 2. The highest BCUT2D eigenvalue weighted by atomic mass is 32.2. The highest BCUT2D eigenvalue weighted by Crippen LogP contribution is 2.53. The van der Waals surface area contributed by atoms with E-state index < -0.39 is 10.0 Å². The summed E-state index contributed by atoms with van der Waals surface area (Å²) in [4.78, 5) is 0. The fraction of sp³-hybridized carbons (Fsp3) is 1.00. The molecule has 0 amide bonds. The molecule has 0 spiro atoms. The van der Waals surface area contributed by atoms with Gasteiger partial charge in [0.1, 0.15) is 0 Å². The molecule has 94 valence electrons. The minimum absolute atomic E-state index is 0.203. The first-order valence-electron chi connectivity index (χ1n) is 6.17. The molecule has 3 nitrogen and oxygen atoms in total. The maximum Gasteiger partial charge on any atom is 0.214 e. The van der Waals surface area contributed by atoms with Crippen molar-refractivity contribution in [2.45, 2.75) is 53.0 Å². The van der Waals surface area contributed by atoms with E-state index in [0.29, 0.717) is 0 Å². The van der Waals surface area contributed by atoms with Gasteiger partial charge in [-0.25, -0.2) is 8.42 Å². The van der Waals surface area contributed by atoms with Gasteiger partial charge in [-0.1, -0.05) is 20.8 Å². The van der Waals surface area contributed by atoms with Crippen molar-refractivity contribution in [1.29, 1.82) is 0 Å². The van der Waals surface area contributed by atoms with Gasteiger partial charge in [-0.05, 0) is 37.0 Å². The fourth-order valence-electron chi connectivity index (χ4n) is 3.90. The zero-order valence-corrected chi connectivity index (χ0v) is 11.6. The number of nitrogens with zero attached hydrogens (tertiary/aromatic N) is 1. The van der Waals surface area contributed by atoms with E-state index in [9.17, 15) is 8.42 Å². The van der Waals surface area contributed by atoms with E-state index >= 15 is 0 Å². The van der Waals surface area contributed by atoms with Crippen LogP contribution in [0.2, 0.25) is 0 Å². The van der Waals surface area contributed by atoms with Gasteiger partial charge in [0.25, 0.3) is 0 Å². The van der Waals surface area contributed by atoms with Crippen molar-refractivity contribution >= 4 is 10.0 Å². The third kappa shape index (κ3) is 2.02. The summed E-state index contributed by atoms with van der Waals surface area (Å²) in [5.74, 6) is 0.236. The summed E-state index contributed by atoms with van der Waals surface area (Å²) >= 11 is 0. The molecule has 2 aliphatic rings. The van der Waals surface area contributed by atoms with Gasteiger partial charge in [-0.15, -0.1) is 0 Å². The van der Waals surface area contributed by atoms with Crippen LogP contribution in [0.4, 0.5) is 0 Å². The number of fused-ring (bicyclic) bond motifs is 2. The smallest absolute Gasteiger partial charge is 0.212 e. The average molecular weight is 245 g/mol. The van der Waals surface area contributed by atoms with E-state index in [1.807, 2.05) is 0 Å². The molecule has 0 unspecified atom stereocenters. The molecule has 2 bridgehead atoms. The summed E-state index contributed by atoms with van der Waals surface area (Å²) in [7, 11) is -3.01. The Morgan fingerprint density at radius 2 is 1.88 bits per heavy atom. The molecular weight excluding hydrogens is 222 g/mol. The molecular formula is C12H23NO2S. The van der Waals surface area contributed by atoms with Crippen LogP contribution in [-0.2, 0) is 10.0 Å². The third-order valence-corrected chi connectivity index (χ3v) is 5.96. The zero-order chi connectivity index (χ0) is 12.2. The van der Waals surface area contributed by atoms with Crippen molar-refractivity contribution in [2.75, 3.05) is 12.3 Å². The first-order valence-corrected chi connectivity index (χ1v) is 7.78. The van der Waals surface area contributed by atoms with Gasteiger partial charge < -0.3 is 0 Å². The maximum atomic E-state index is 12.0. The largest absolute Gasteiger partial charge is 0.214 e. The van der Waals surface area contributed by atoms with E-state index in [4.69, 9.17) is 0 Å². The molecule has 0 aromatic carbocycles. The second-order valence-corrected chi connectivity index (χ2v) is 8.87. The zero-order valence-electron chi connectivity index (χ0n) is 10.8. The number of rotatable bonds is 2. The van der Waals surface area contributed by atoms with E-state index in [-0.39, 0.29) is 22.6 Å². The Morgan fingerprint density at radius 3 is 2.44 bits per heavy atom. The molecule has 1 saturated carbocycles. The lowest BCUT2D eigenvalue weighted by molar-refractivity contribution is 0.133. The quantitative estimate of drug-likeness (QED) is 0.748. The molecule has 0 aromatic heterocycles. The summed E-state index contributed by atoms with van der Waals surface area (Å²) in [6.45, 7) is 9.24. The first-order chi connectivity index (χ1) is 7.18. The molecule has 4 heteroatoms. The molecule has 1 aliphatic carbocycles. The minimum atomic E-state index is -3.01. The molecule has 1 aliphatic heterocycles. The van der Waals surface area contributed by atoms with Gasteiger partial charge in [-0.3, -0.25) is 0 Å². The van der Waals surface area contributed by atoms with Gasteiger partial charge in [0, 0.05) is 12.6 Å². The highest BCUT2D eigenvalue weighted by molar-refractivity contribution is 7.89. The van der Waals surface area contributed by atoms with Crippen LogP contribution >= 0.6 is 0 Å². The van der Waals surface area contributed by atoms with Crippen LogP contribution in [0.1, 0.15) is 47.0 Å². The van der Waals surface area contributed by atoms with Crippen molar-refractivity contribution in [3.63, 3.8) is 0 Å². The summed E-state index contributed by atoms with van der Waals surface area (Å²) in [5.41, 5.74) is 0.490. The van der Waals surface area contributed by atoms with Crippen LogP contribution < -0.4 is 0 Å². The molecule has 0 aromatic rings. The lowest BCUT2D eigenvalue weighted by Crippen LogP contribution is -2.38. The van der Waals surface area contributed by atoms with E-state index in [1.165, 1.54) is 0 Å². The number of sulfonamides is 1. The van der Waals surface area contributed by atoms with Crippen molar-refractivity contribution in [3.05, 3.63) is 0 Å². The molecule has 1 saturated heterocycles. The Hall–Kier alpha value is -0.0900. The Labute approximate surface area is 99.3 Å². The van der Waals surface area contributed by atoms with Crippen LogP contribution in [0.5, 0.6) is 0 Å². The van der Waals surface area contributed by atoms with Gasteiger partial charge >= 0.3 is 0 Å². The van der Waals surface area contributed by atoms with Gasteiger partial charge in [0.05, 0.1) is 5.75 Å². The third-order valence-electron chi connectivity index (χ3n) is 4.09. The monoisotopic (exact) mass is 245 g/mol. The Balaban J connectivity index is 2.30. The van der Waals surface area contributed by atoms with Crippen molar-refractivity contribution < 1.29 is 8.42 Å². The summed E-state index contributed by atoms with van der Waals surface area (Å²) in [6.07, 6.45) is 3.21. The van der Waals surface area contributed by atoms with Crippen molar-refractivity contribution in [3.8, 4) is 0 Å². The topological polar surface area (TPSA) is 37.4 Å². The minimum Gasteiger partial charge on any atom is -0.212 e. The lowest BCUT2D eigenvalue weighted by Gasteiger charge is -2.39. The molecule has 16 heavy (non-hydrogen) atoms. The van der Waals surface area contributed by atoms with Crippen LogP contribution in [0.3, 0.4) is 0 Å². The highest BCUT2D eigenvalue weighted by Gasteiger charge is 2.52. The van der Waals surface area contributed by atoms with Crippen LogP contribution in [0.15, 0.2) is 0 Å². The van der Waals surface area contributed by atoms with Crippen LogP contribution in [-0.4, -0.2) is 31.1 Å². The molecule has 0 radical (unpaired) electrons. The maximum absolute atomic E-state index is 12.0. The molecule has 2 rings (SSSR count). The average Bonchev–Trinajstić information content (AvgIpc) is 2.35. The molecule has 2 atom stereocenters. The van der Waals surface area contributed by atoms with E-state index in [0.717, 1.165) is 25.8 Å². The Morgan fingerprint density at radius 1 is 1.25 bits per heavy atom. The predicted molar refractivity (Wildman–Crippen MR) is 65.7 cm³/mol. The summed E-state index contributed by atoms with van der Waals surface area (Å²) in [5, 5.41) is 0. The van der Waals surface area contributed by atoms with Crippen LogP contribution in [0, 0.1) is 10.8 Å². The molecule has 2 fully saturated rings. The van der Waals surface area contributed by atoms with Crippen molar-refractivity contribution in [1.82, 2.24) is 4.31 Å². The van der Waals surface area contributed by atoms with Crippen molar-refractivity contribution in [2.24, 2.45) is 10.8 Å². The number of hydrogen-bond donors (Lipinski definition) is 0. The van der Waals surface area contributed by atoms with Gasteiger partial charge in [-0.2, -0.15) is 4.31 Å². The summed E-state index contributed by atoms with van der Waals surface area (Å²) < 4.78 is 25.8. The lowest BCUT2D eigenvalue weighted by atomic mass is 9.65.